The molecule has 0 amide bonds. The zero-order valence-corrected chi connectivity index (χ0v) is 9.43. The van der Waals surface area contributed by atoms with E-state index in [1.807, 2.05) is 12.1 Å². The second kappa shape index (κ2) is 4.07. The Morgan fingerprint density at radius 3 is 3.00 bits per heavy atom. The van der Waals surface area contributed by atoms with Crippen LogP contribution in [0, 0.1) is 0 Å². The van der Waals surface area contributed by atoms with Crippen LogP contribution in [0.5, 0.6) is 0 Å². The molecule has 0 saturated heterocycles. The predicted octanol–water partition coefficient (Wildman–Crippen LogP) is 2.06. The number of benzene rings is 1. The Hall–Kier alpha value is -2.07. The third-order valence-corrected chi connectivity index (χ3v) is 3.09. The average molecular weight is 226 g/mol. The van der Waals surface area contributed by atoms with Crippen molar-refractivity contribution in [3.05, 3.63) is 48.2 Å². The molecule has 1 aliphatic heterocycles. The van der Waals surface area contributed by atoms with Gasteiger partial charge in [-0.1, -0.05) is 18.2 Å². The molecule has 2 heterocycles. The monoisotopic (exact) mass is 226 g/mol. The molecular formula is C13H14N4. The predicted molar refractivity (Wildman–Crippen MR) is 69.2 cm³/mol. The minimum absolute atomic E-state index is 0.687. The van der Waals surface area contributed by atoms with Crippen LogP contribution in [0.15, 0.2) is 42.6 Å². The molecule has 86 valence electrons. The summed E-state index contributed by atoms with van der Waals surface area (Å²) < 4.78 is 0. The van der Waals surface area contributed by atoms with E-state index in [-0.39, 0.29) is 0 Å². The van der Waals surface area contributed by atoms with Gasteiger partial charge in [0.25, 0.3) is 0 Å². The summed E-state index contributed by atoms with van der Waals surface area (Å²) in [4.78, 5) is 6.41. The molecule has 1 aliphatic rings. The van der Waals surface area contributed by atoms with Gasteiger partial charge in [0.1, 0.15) is 5.82 Å². The van der Waals surface area contributed by atoms with Crippen LogP contribution in [0.4, 0.5) is 17.2 Å². The van der Waals surface area contributed by atoms with Gasteiger partial charge in [0.05, 0.1) is 0 Å². The van der Waals surface area contributed by atoms with Crippen LogP contribution < -0.4 is 16.2 Å². The van der Waals surface area contributed by atoms with E-state index in [9.17, 15) is 0 Å². The molecule has 0 saturated carbocycles. The number of hydrogen-bond acceptors (Lipinski definition) is 4. The molecule has 0 radical (unpaired) electrons. The van der Waals surface area contributed by atoms with Crippen molar-refractivity contribution >= 4 is 17.2 Å². The fourth-order valence-electron chi connectivity index (χ4n) is 2.27. The lowest BCUT2D eigenvalue weighted by Crippen LogP contribution is -2.15. The first-order valence-electron chi connectivity index (χ1n) is 5.66. The van der Waals surface area contributed by atoms with E-state index in [2.05, 4.69) is 39.6 Å². The van der Waals surface area contributed by atoms with E-state index < -0.39 is 0 Å². The molecule has 3 rings (SSSR count). The van der Waals surface area contributed by atoms with Gasteiger partial charge in [0, 0.05) is 30.2 Å². The van der Waals surface area contributed by atoms with E-state index in [0.717, 1.165) is 18.7 Å². The number of nitrogen functional groups attached to an aromatic ring is 1. The lowest BCUT2D eigenvalue weighted by molar-refractivity contribution is 0.995. The molecule has 1 aromatic heterocycles. The van der Waals surface area contributed by atoms with Crippen LogP contribution in [-0.2, 0) is 6.42 Å². The van der Waals surface area contributed by atoms with E-state index in [1.165, 1.54) is 11.3 Å². The number of pyridine rings is 1. The van der Waals surface area contributed by atoms with Crippen molar-refractivity contribution in [1.82, 2.24) is 4.98 Å². The maximum absolute atomic E-state index is 5.38. The lowest BCUT2D eigenvalue weighted by Gasteiger charge is -2.19. The van der Waals surface area contributed by atoms with E-state index in [1.54, 1.807) is 6.20 Å². The van der Waals surface area contributed by atoms with Crippen molar-refractivity contribution in [2.75, 3.05) is 16.9 Å². The SMILES string of the molecule is NNc1cc(N2CCc3ccccc32)ccn1. The first-order valence-corrected chi connectivity index (χ1v) is 5.66. The Balaban J connectivity index is 2.01. The Morgan fingerprint density at radius 2 is 2.12 bits per heavy atom. The molecule has 4 nitrogen and oxygen atoms in total. The van der Waals surface area contributed by atoms with Crippen LogP contribution in [0.25, 0.3) is 0 Å². The van der Waals surface area contributed by atoms with E-state index >= 15 is 0 Å². The second-order valence-corrected chi connectivity index (χ2v) is 4.07. The highest BCUT2D eigenvalue weighted by atomic mass is 15.3. The lowest BCUT2D eigenvalue weighted by atomic mass is 10.2. The molecule has 17 heavy (non-hydrogen) atoms. The summed E-state index contributed by atoms with van der Waals surface area (Å²) in [7, 11) is 0. The number of rotatable bonds is 2. The number of fused-ring (bicyclic) bond motifs is 1. The van der Waals surface area contributed by atoms with Gasteiger partial charge in [0.15, 0.2) is 0 Å². The van der Waals surface area contributed by atoms with Gasteiger partial charge >= 0.3 is 0 Å². The fraction of sp³-hybridized carbons (Fsp3) is 0.154. The molecule has 4 heteroatoms. The van der Waals surface area contributed by atoms with Crippen LogP contribution in [0.3, 0.4) is 0 Å². The second-order valence-electron chi connectivity index (χ2n) is 4.07. The van der Waals surface area contributed by atoms with Gasteiger partial charge in [-0.25, -0.2) is 10.8 Å². The minimum atomic E-state index is 0.687. The molecule has 0 bridgehead atoms. The Bertz CT molecular complexity index is 538. The first-order chi connectivity index (χ1) is 8.38. The van der Waals surface area contributed by atoms with Crippen LogP contribution in [-0.4, -0.2) is 11.5 Å². The van der Waals surface area contributed by atoms with Gasteiger partial charge in [0.2, 0.25) is 0 Å². The third kappa shape index (κ3) is 1.72. The molecule has 1 aromatic carbocycles. The molecule has 2 aromatic rings. The summed E-state index contributed by atoms with van der Waals surface area (Å²) in [5.41, 5.74) is 6.37. The van der Waals surface area contributed by atoms with Crippen molar-refractivity contribution in [3.8, 4) is 0 Å². The fourth-order valence-corrected chi connectivity index (χ4v) is 2.27. The molecule has 0 fully saturated rings. The summed E-state index contributed by atoms with van der Waals surface area (Å²) in [5.74, 6) is 6.07. The quantitative estimate of drug-likeness (QED) is 0.608. The normalized spacial score (nSPS) is 13.6. The highest BCUT2D eigenvalue weighted by Gasteiger charge is 2.19. The van der Waals surface area contributed by atoms with Crippen LogP contribution >= 0.6 is 0 Å². The smallest absolute Gasteiger partial charge is 0.141 e. The Labute approximate surface area is 100 Å². The van der Waals surface area contributed by atoms with Gasteiger partial charge in [-0.2, -0.15) is 0 Å². The number of aromatic nitrogens is 1. The highest BCUT2D eigenvalue weighted by Crippen LogP contribution is 2.34. The van der Waals surface area contributed by atoms with Gasteiger partial charge < -0.3 is 10.3 Å². The Kier molecular flexibility index (Phi) is 2.42. The van der Waals surface area contributed by atoms with Crippen molar-refractivity contribution in [1.29, 1.82) is 0 Å². The molecule has 0 unspecified atom stereocenters. The number of hydrogen-bond donors (Lipinski definition) is 2. The summed E-state index contributed by atoms with van der Waals surface area (Å²) in [6.45, 7) is 1.01. The standard InChI is InChI=1S/C13H14N4/c14-16-13-9-11(5-7-15-13)17-8-6-10-3-1-2-4-12(10)17/h1-5,7,9H,6,8,14H2,(H,15,16). The molecule has 0 spiro atoms. The van der Waals surface area contributed by atoms with E-state index in [0.29, 0.717) is 5.82 Å². The topological polar surface area (TPSA) is 54.2 Å². The number of para-hydroxylation sites is 1. The largest absolute Gasteiger partial charge is 0.341 e. The maximum Gasteiger partial charge on any atom is 0.141 e. The van der Waals surface area contributed by atoms with Crippen LogP contribution in [0.1, 0.15) is 5.56 Å². The number of nitrogens with zero attached hydrogens (tertiary/aromatic N) is 2. The summed E-state index contributed by atoms with van der Waals surface area (Å²) in [6.07, 6.45) is 2.86. The van der Waals surface area contributed by atoms with E-state index in [4.69, 9.17) is 5.84 Å². The van der Waals surface area contributed by atoms with Crippen molar-refractivity contribution in [3.63, 3.8) is 0 Å². The maximum atomic E-state index is 5.38. The third-order valence-electron chi connectivity index (χ3n) is 3.09. The molecular weight excluding hydrogens is 212 g/mol. The zero-order chi connectivity index (χ0) is 11.7. The van der Waals surface area contributed by atoms with Gasteiger partial charge in [-0.05, 0) is 24.1 Å². The molecule has 0 atom stereocenters. The van der Waals surface area contributed by atoms with Crippen LogP contribution in [0.2, 0.25) is 0 Å². The molecule has 3 N–H and O–H groups in total. The number of hydrazine groups is 1. The van der Waals surface area contributed by atoms with Gasteiger partial charge in [-0.15, -0.1) is 0 Å². The number of anilines is 3. The van der Waals surface area contributed by atoms with Crippen molar-refractivity contribution in [2.45, 2.75) is 6.42 Å². The first kappa shape index (κ1) is 10.1. The summed E-state index contributed by atoms with van der Waals surface area (Å²) in [6, 6.07) is 12.4. The summed E-state index contributed by atoms with van der Waals surface area (Å²) in [5, 5.41) is 0. The highest BCUT2D eigenvalue weighted by molar-refractivity contribution is 5.71. The van der Waals surface area contributed by atoms with Gasteiger partial charge in [-0.3, -0.25) is 0 Å². The number of nitrogens with one attached hydrogen (secondary N) is 1. The zero-order valence-electron chi connectivity index (χ0n) is 9.43. The molecule has 0 aliphatic carbocycles. The number of nitrogens with two attached hydrogens (primary N) is 1. The van der Waals surface area contributed by atoms with Crippen molar-refractivity contribution < 1.29 is 0 Å². The van der Waals surface area contributed by atoms with Crippen molar-refractivity contribution in [2.24, 2.45) is 5.84 Å². The average Bonchev–Trinajstić information content (AvgIpc) is 2.82. The Morgan fingerprint density at radius 1 is 1.24 bits per heavy atom. The summed E-state index contributed by atoms with van der Waals surface area (Å²) >= 11 is 0. The minimum Gasteiger partial charge on any atom is -0.341 e.